The van der Waals surface area contributed by atoms with Crippen LogP contribution in [-0.4, -0.2) is 46.6 Å². The number of amides is 1. The van der Waals surface area contributed by atoms with E-state index in [0.717, 1.165) is 4.68 Å². The van der Waals surface area contributed by atoms with Crippen molar-refractivity contribution in [2.45, 2.75) is 104 Å². The molecular formula is C27H43N3O6Si. The van der Waals surface area contributed by atoms with Crippen molar-refractivity contribution >= 4 is 26.1 Å². The molecule has 2 rings (SSSR count). The van der Waals surface area contributed by atoms with Crippen LogP contribution in [0.25, 0.3) is 0 Å². The number of aromatic hydroxyl groups is 1. The van der Waals surface area contributed by atoms with Gasteiger partial charge >= 0.3 is 6.09 Å². The Morgan fingerprint density at radius 2 is 1.54 bits per heavy atom. The highest BCUT2D eigenvalue weighted by molar-refractivity contribution is 6.77. The van der Waals surface area contributed by atoms with Gasteiger partial charge in [-0.15, -0.1) is 5.10 Å². The molecule has 2 aromatic rings. The molecule has 9 nitrogen and oxygen atoms in total. The second kappa shape index (κ2) is 11.3. The number of aromatic nitrogens is 2. The van der Waals surface area contributed by atoms with Gasteiger partial charge in [-0.05, 0) is 63.4 Å². The van der Waals surface area contributed by atoms with E-state index in [2.05, 4.69) is 52.0 Å². The molecule has 0 fully saturated rings. The number of rotatable bonds is 9. The number of hydrogen-bond donors (Lipinski definition) is 2. The minimum absolute atomic E-state index is 0.127. The molecule has 0 atom stereocenters. The van der Waals surface area contributed by atoms with Crippen molar-refractivity contribution < 1.29 is 28.6 Å². The fourth-order valence-electron chi connectivity index (χ4n) is 4.85. The number of anilines is 1. The Hall–Kier alpha value is -2.85. The highest BCUT2D eigenvalue weighted by Crippen LogP contribution is 2.45. The SMILES string of the molecule is CC(C)[Si](OC(C)(C)Oc1cc(O)cc(C(=O)Nc2ccn(C(=O)OC(C)(C)C)n2)c1)(C(C)C)C(C)C. The number of hydrogen-bond acceptors (Lipinski definition) is 7. The molecule has 37 heavy (non-hydrogen) atoms. The monoisotopic (exact) mass is 533 g/mol. The molecule has 2 N–H and O–H groups in total. The minimum Gasteiger partial charge on any atom is -0.508 e. The number of carbonyl (C=O) groups is 2. The maximum Gasteiger partial charge on any atom is 0.435 e. The maximum absolute atomic E-state index is 12.9. The van der Waals surface area contributed by atoms with E-state index < -0.39 is 31.7 Å². The third-order valence-electron chi connectivity index (χ3n) is 6.06. The van der Waals surface area contributed by atoms with Gasteiger partial charge in [0.15, 0.2) is 11.6 Å². The molecule has 1 heterocycles. The zero-order valence-corrected chi connectivity index (χ0v) is 25.0. The molecule has 0 saturated carbocycles. The first-order valence-electron chi connectivity index (χ1n) is 12.7. The van der Waals surface area contributed by atoms with Gasteiger partial charge in [-0.25, -0.2) is 4.79 Å². The van der Waals surface area contributed by atoms with Crippen LogP contribution in [0.2, 0.25) is 16.6 Å². The predicted molar refractivity (Wildman–Crippen MR) is 147 cm³/mol. The van der Waals surface area contributed by atoms with E-state index in [4.69, 9.17) is 13.9 Å². The van der Waals surface area contributed by atoms with Crippen molar-refractivity contribution in [3.8, 4) is 11.5 Å². The van der Waals surface area contributed by atoms with Gasteiger partial charge in [0.05, 0.1) is 0 Å². The zero-order valence-electron chi connectivity index (χ0n) is 24.0. The largest absolute Gasteiger partial charge is 0.508 e. The summed E-state index contributed by atoms with van der Waals surface area (Å²) in [4.78, 5) is 25.1. The Balaban J connectivity index is 2.22. The predicted octanol–water partition coefficient (Wildman–Crippen LogP) is 6.93. The lowest BCUT2D eigenvalue weighted by Gasteiger charge is -2.47. The molecule has 0 aliphatic rings. The summed E-state index contributed by atoms with van der Waals surface area (Å²) < 4.78 is 19.3. The number of carbonyl (C=O) groups excluding carboxylic acids is 2. The number of benzene rings is 1. The van der Waals surface area contributed by atoms with Crippen LogP contribution in [0, 0.1) is 0 Å². The Kier molecular flexibility index (Phi) is 9.25. The topological polar surface area (TPSA) is 112 Å². The summed E-state index contributed by atoms with van der Waals surface area (Å²) in [6, 6.07) is 5.79. The first-order chi connectivity index (χ1) is 16.9. The van der Waals surface area contributed by atoms with Crippen LogP contribution in [0.1, 0.15) is 86.5 Å². The van der Waals surface area contributed by atoms with Gasteiger partial charge < -0.3 is 24.3 Å². The summed E-state index contributed by atoms with van der Waals surface area (Å²) in [5.41, 5.74) is 0.575. The number of nitrogens with zero attached hydrogens (tertiary/aromatic N) is 2. The molecule has 1 amide bonds. The summed E-state index contributed by atoms with van der Waals surface area (Å²) in [6.07, 6.45) is 0.738. The Labute approximate surface area is 221 Å². The number of phenolic OH excluding ortho intramolecular Hbond substituents is 1. The first kappa shape index (κ1) is 30.4. The molecule has 0 spiro atoms. The van der Waals surface area contributed by atoms with Crippen LogP contribution < -0.4 is 10.1 Å². The van der Waals surface area contributed by atoms with Gasteiger partial charge in [0, 0.05) is 23.9 Å². The quantitative estimate of drug-likeness (QED) is 0.265. The lowest BCUT2D eigenvalue weighted by molar-refractivity contribution is -0.0939. The average molecular weight is 534 g/mol. The summed E-state index contributed by atoms with van der Waals surface area (Å²) >= 11 is 0. The van der Waals surface area contributed by atoms with Crippen molar-refractivity contribution in [3.05, 3.63) is 36.0 Å². The van der Waals surface area contributed by atoms with Gasteiger partial charge in [0.25, 0.3) is 5.91 Å². The van der Waals surface area contributed by atoms with Crippen LogP contribution in [0.4, 0.5) is 10.6 Å². The van der Waals surface area contributed by atoms with Crippen molar-refractivity contribution in [1.82, 2.24) is 9.78 Å². The molecule has 206 valence electrons. The zero-order chi connectivity index (χ0) is 28.3. The summed E-state index contributed by atoms with van der Waals surface area (Å²) in [5.74, 6) is -1.18. The summed E-state index contributed by atoms with van der Waals surface area (Å²) in [5, 5.41) is 17.0. The minimum atomic E-state index is -2.25. The molecule has 0 radical (unpaired) electrons. The van der Waals surface area contributed by atoms with Crippen LogP contribution >= 0.6 is 0 Å². The standard InChI is InChI=1S/C27H43N3O6Si/c1-17(2)37(18(3)4,19(5)6)36-27(10,11)34-22-15-20(14-21(31)16-22)24(32)28-23-12-13-30(29-23)25(33)35-26(7,8)9/h12-19,31H,1-11H3,(H,28,29,32). The second-order valence-corrected chi connectivity index (χ2v) is 17.1. The van der Waals surface area contributed by atoms with Crippen molar-refractivity contribution in [2.24, 2.45) is 0 Å². The number of phenols is 1. The Bertz CT molecular complexity index is 1080. The molecule has 0 aliphatic heterocycles. The van der Waals surface area contributed by atoms with Gasteiger partial charge in [0.2, 0.25) is 8.32 Å². The Morgan fingerprint density at radius 3 is 2.05 bits per heavy atom. The number of ether oxygens (including phenoxy) is 2. The molecule has 0 unspecified atom stereocenters. The molecule has 0 bridgehead atoms. The van der Waals surface area contributed by atoms with Crippen molar-refractivity contribution in [2.75, 3.05) is 5.32 Å². The summed E-state index contributed by atoms with van der Waals surface area (Å²) in [6.45, 7) is 22.2. The fraction of sp³-hybridized carbons (Fsp3) is 0.593. The third kappa shape index (κ3) is 7.81. The second-order valence-electron chi connectivity index (χ2n) is 11.7. The Morgan fingerprint density at radius 1 is 0.973 bits per heavy atom. The maximum atomic E-state index is 12.9. The highest BCUT2D eigenvalue weighted by atomic mass is 28.4. The van der Waals surface area contributed by atoms with E-state index in [0.29, 0.717) is 22.4 Å². The van der Waals surface area contributed by atoms with Gasteiger partial charge in [-0.1, -0.05) is 41.5 Å². The normalized spacial score (nSPS) is 12.8. The van der Waals surface area contributed by atoms with E-state index in [-0.39, 0.29) is 17.1 Å². The molecular weight excluding hydrogens is 490 g/mol. The molecule has 1 aromatic carbocycles. The fourth-order valence-corrected chi connectivity index (χ4v) is 10.4. The van der Waals surface area contributed by atoms with E-state index in [1.54, 1.807) is 20.8 Å². The first-order valence-corrected chi connectivity index (χ1v) is 14.8. The van der Waals surface area contributed by atoms with Crippen LogP contribution in [-0.2, 0) is 9.16 Å². The molecule has 10 heteroatoms. The number of nitrogens with one attached hydrogen (secondary N) is 1. The smallest absolute Gasteiger partial charge is 0.435 e. The highest BCUT2D eigenvalue weighted by Gasteiger charge is 2.49. The lowest BCUT2D eigenvalue weighted by Crippen LogP contribution is -2.54. The van der Waals surface area contributed by atoms with Gasteiger partial charge in [0.1, 0.15) is 17.1 Å². The van der Waals surface area contributed by atoms with E-state index in [1.165, 1.54) is 30.5 Å². The van der Waals surface area contributed by atoms with Crippen LogP contribution in [0.5, 0.6) is 11.5 Å². The lowest BCUT2D eigenvalue weighted by atomic mass is 10.2. The van der Waals surface area contributed by atoms with E-state index >= 15 is 0 Å². The molecule has 0 saturated heterocycles. The average Bonchev–Trinajstić information content (AvgIpc) is 3.18. The van der Waals surface area contributed by atoms with E-state index in [9.17, 15) is 14.7 Å². The van der Waals surface area contributed by atoms with Crippen molar-refractivity contribution in [3.63, 3.8) is 0 Å². The molecule has 1 aromatic heterocycles. The van der Waals surface area contributed by atoms with Crippen LogP contribution in [0.15, 0.2) is 30.5 Å². The van der Waals surface area contributed by atoms with Crippen molar-refractivity contribution in [1.29, 1.82) is 0 Å². The molecule has 0 aliphatic carbocycles. The van der Waals surface area contributed by atoms with Crippen LogP contribution in [0.3, 0.4) is 0 Å². The summed E-state index contributed by atoms with van der Waals surface area (Å²) in [7, 11) is -2.25. The third-order valence-corrected chi connectivity index (χ3v) is 12.3. The van der Waals surface area contributed by atoms with Gasteiger partial charge in [-0.2, -0.15) is 4.68 Å². The van der Waals surface area contributed by atoms with E-state index in [1.807, 2.05) is 13.8 Å². The van der Waals surface area contributed by atoms with Gasteiger partial charge in [-0.3, -0.25) is 4.79 Å².